The fourth-order valence-corrected chi connectivity index (χ4v) is 4.85. The molecular formula is C22H23N3O4S. The number of anilines is 2. The lowest BCUT2D eigenvalue weighted by Crippen LogP contribution is -2.51. The van der Waals surface area contributed by atoms with E-state index < -0.39 is 5.25 Å². The second-order valence-electron chi connectivity index (χ2n) is 7.20. The number of fused-ring (bicyclic) bond motifs is 1. The van der Waals surface area contributed by atoms with E-state index in [4.69, 9.17) is 4.74 Å². The zero-order valence-corrected chi connectivity index (χ0v) is 17.5. The summed E-state index contributed by atoms with van der Waals surface area (Å²) in [5.74, 6) is -0.158. The van der Waals surface area contributed by atoms with Crippen molar-refractivity contribution in [2.45, 2.75) is 23.0 Å². The number of nitrogens with zero attached hydrogens (tertiary/aromatic N) is 2. The normalized spacial score (nSPS) is 18.2. The lowest BCUT2D eigenvalue weighted by Gasteiger charge is -2.34. The Morgan fingerprint density at radius 3 is 2.50 bits per heavy atom. The number of nitrogens with one attached hydrogen (secondary N) is 1. The van der Waals surface area contributed by atoms with Crippen LogP contribution in [0.1, 0.15) is 12.8 Å². The van der Waals surface area contributed by atoms with E-state index in [1.807, 2.05) is 18.2 Å². The fraction of sp³-hybridized carbons (Fsp3) is 0.318. The number of thioether (sulfide) groups is 1. The second-order valence-corrected chi connectivity index (χ2v) is 8.35. The van der Waals surface area contributed by atoms with Crippen LogP contribution in [-0.4, -0.2) is 54.6 Å². The fourth-order valence-electron chi connectivity index (χ4n) is 3.66. The number of carbonyl (C=O) groups is 3. The Labute approximate surface area is 179 Å². The molecule has 2 heterocycles. The van der Waals surface area contributed by atoms with Gasteiger partial charge in [-0.1, -0.05) is 12.1 Å². The first-order valence-electron chi connectivity index (χ1n) is 9.86. The third kappa shape index (κ3) is 4.14. The Hall–Kier alpha value is -3.00. The quantitative estimate of drug-likeness (QED) is 0.746. The van der Waals surface area contributed by atoms with Crippen molar-refractivity contribution in [3.05, 3.63) is 48.5 Å². The van der Waals surface area contributed by atoms with Gasteiger partial charge in [-0.3, -0.25) is 14.4 Å². The van der Waals surface area contributed by atoms with Gasteiger partial charge in [-0.2, -0.15) is 0 Å². The van der Waals surface area contributed by atoms with Crippen molar-refractivity contribution in [1.29, 1.82) is 0 Å². The van der Waals surface area contributed by atoms with Crippen molar-refractivity contribution in [3.8, 4) is 5.75 Å². The van der Waals surface area contributed by atoms with Crippen molar-refractivity contribution in [2.24, 2.45) is 0 Å². The molecule has 7 nitrogen and oxygen atoms in total. The topological polar surface area (TPSA) is 79.0 Å². The number of hydrogen-bond acceptors (Lipinski definition) is 5. The summed E-state index contributed by atoms with van der Waals surface area (Å²) in [7, 11) is 1.57. The number of amides is 3. The van der Waals surface area contributed by atoms with Gasteiger partial charge < -0.3 is 19.9 Å². The van der Waals surface area contributed by atoms with E-state index in [1.165, 1.54) is 16.7 Å². The summed E-state index contributed by atoms with van der Waals surface area (Å²) in [6, 6.07) is 14.3. The predicted molar refractivity (Wildman–Crippen MR) is 116 cm³/mol. The van der Waals surface area contributed by atoms with Crippen LogP contribution >= 0.6 is 11.8 Å². The molecule has 0 bridgehead atoms. The molecule has 3 amide bonds. The average molecular weight is 426 g/mol. The largest absolute Gasteiger partial charge is 0.497 e. The van der Waals surface area contributed by atoms with Gasteiger partial charge in [0.1, 0.15) is 12.3 Å². The molecule has 8 heteroatoms. The third-order valence-corrected chi connectivity index (χ3v) is 6.45. The monoisotopic (exact) mass is 425 g/mol. The molecule has 0 unspecified atom stereocenters. The van der Waals surface area contributed by atoms with Gasteiger partial charge in [-0.05, 0) is 49.2 Å². The number of carbonyl (C=O) groups excluding carboxylic acids is 3. The summed E-state index contributed by atoms with van der Waals surface area (Å²) in [5, 5.41) is 1.95. The third-order valence-electron chi connectivity index (χ3n) is 5.21. The second kappa shape index (κ2) is 8.79. The van der Waals surface area contributed by atoms with Crippen LogP contribution in [0.5, 0.6) is 5.75 Å². The first kappa shape index (κ1) is 20.3. The number of methoxy groups -OCH3 is 1. The molecule has 2 aromatic carbocycles. The van der Waals surface area contributed by atoms with Crippen LogP contribution in [0, 0.1) is 0 Å². The van der Waals surface area contributed by atoms with E-state index in [2.05, 4.69) is 5.32 Å². The summed E-state index contributed by atoms with van der Waals surface area (Å²) in [6.07, 6.45) is 1.92. The summed E-state index contributed by atoms with van der Waals surface area (Å²) >= 11 is 1.27. The van der Waals surface area contributed by atoms with E-state index in [-0.39, 0.29) is 24.3 Å². The summed E-state index contributed by atoms with van der Waals surface area (Å²) < 4.78 is 5.12. The standard InChI is InChI=1S/C22H23N3O4S/c1-29-16-10-8-15(9-11-16)23-19(26)14-25-17-6-2-3-7-18(17)30-20(22(25)28)21(27)24-12-4-5-13-24/h2-3,6-11,20H,4-5,12-14H2,1H3,(H,23,26)/t20-/m1/s1. The van der Waals surface area contributed by atoms with Gasteiger partial charge in [-0.25, -0.2) is 0 Å². The van der Waals surface area contributed by atoms with Crippen LogP contribution in [0.4, 0.5) is 11.4 Å². The highest BCUT2D eigenvalue weighted by molar-refractivity contribution is 8.01. The molecule has 1 atom stereocenters. The molecule has 156 valence electrons. The van der Waals surface area contributed by atoms with Gasteiger partial charge in [0.15, 0.2) is 5.25 Å². The van der Waals surface area contributed by atoms with Gasteiger partial charge >= 0.3 is 0 Å². The molecular weight excluding hydrogens is 402 g/mol. The van der Waals surface area contributed by atoms with E-state index in [1.54, 1.807) is 42.3 Å². The van der Waals surface area contributed by atoms with Gasteiger partial charge in [0, 0.05) is 23.7 Å². The molecule has 0 radical (unpaired) electrons. The van der Waals surface area contributed by atoms with Crippen molar-refractivity contribution < 1.29 is 19.1 Å². The van der Waals surface area contributed by atoms with Gasteiger partial charge in [-0.15, -0.1) is 11.8 Å². The minimum absolute atomic E-state index is 0.161. The van der Waals surface area contributed by atoms with E-state index in [9.17, 15) is 14.4 Å². The smallest absolute Gasteiger partial charge is 0.250 e. The molecule has 2 aliphatic heterocycles. The van der Waals surface area contributed by atoms with Crippen LogP contribution in [0.2, 0.25) is 0 Å². The van der Waals surface area contributed by atoms with Crippen LogP contribution in [0.25, 0.3) is 0 Å². The lowest BCUT2D eigenvalue weighted by molar-refractivity contribution is -0.134. The number of benzene rings is 2. The average Bonchev–Trinajstić information content (AvgIpc) is 3.30. The minimum atomic E-state index is -0.855. The first-order chi connectivity index (χ1) is 14.6. The summed E-state index contributed by atoms with van der Waals surface area (Å²) in [5.41, 5.74) is 1.26. The molecule has 1 N–H and O–H groups in total. The van der Waals surface area contributed by atoms with Crippen molar-refractivity contribution in [1.82, 2.24) is 4.90 Å². The van der Waals surface area contributed by atoms with E-state index in [0.717, 1.165) is 17.7 Å². The zero-order chi connectivity index (χ0) is 21.1. The molecule has 0 saturated carbocycles. The van der Waals surface area contributed by atoms with Crippen LogP contribution in [0.3, 0.4) is 0 Å². The lowest BCUT2D eigenvalue weighted by atomic mass is 10.2. The highest BCUT2D eigenvalue weighted by atomic mass is 32.2. The highest BCUT2D eigenvalue weighted by Gasteiger charge is 2.41. The molecule has 0 aliphatic carbocycles. The highest BCUT2D eigenvalue weighted by Crippen LogP contribution is 2.40. The van der Waals surface area contributed by atoms with E-state index in [0.29, 0.717) is 30.2 Å². The van der Waals surface area contributed by atoms with E-state index >= 15 is 0 Å². The Bertz CT molecular complexity index is 957. The van der Waals surface area contributed by atoms with Gasteiger partial charge in [0.25, 0.3) is 5.91 Å². The van der Waals surface area contributed by atoms with Crippen LogP contribution < -0.4 is 15.0 Å². The van der Waals surface area contributed by atoms with Crippen LogP contribution in [0.15, 0.2) is 53.4 Å². The Kier molecular flexibility index (Phi) is 5.94. The van der Waals surface area contributed by atoms with Crippen LogP contribution in [-0.2, 0) is 14.4 Å². The molecule has 2 aromatic rings. The minimum Gasteiger partial charge on any atom is -0.497 e. The summed E-state index contributed by atoms with van der Waals surface area (Å²) in [4.78, 5) is 42.8. The first-order valence-corrected chi connectivity index (χ1v) is 10.7. The van der Waals surface area contributed by atoms with Crippen molar-refractivity contribution in [2.75, 3.05) is 37.0 Å². The zero-order valence-electron chi connectivity index (χ0n) is 16.7. The van der Waals surface area contributed by atoms with Crippen molar-refractivity contribution in [3.63, 3.8) is 0 Å². The van der Waals surface area contributed by atoms with Gasteiger partial charge in [0.05, 0.1) is 12.8 Å². The van der Waals surface area contributed by atoms with Gasteiger partial charge in [0.2, 0.25) is 11.8 Å². The number of likely N-dealkylation sites (tertiary alicyclic amines) is 1. The molecule has 0 spiro atoms. The SMILES string of the molecule is COc1ccc(NC(=O)CN2C(=O)[C@@H](C(=O)N3CCCC3)Sc3ccccc32)cc1. The molecule has 1 saturated heterocycles. The van der Waals surface area contributed by atoms with Crippen molar-refractivity contribution >= 4 is 40.9 Å². The maximum absolute atomic E-state index is 13.2. The Balaban J connectivity index is 1.53. The predicted octanol–water partition coefficient (Wildman–Crippen LogP) is 2.76. The number of hydrogen-bond donors (Lipinski definition) is 1. The number of rotatable bonds is 5. The maximum Gasteiger partial charge on any atom is 0.250 e. The number of ether oxygens (including phenoxy) is 1. The maximum atomic E-state index is 13.2. The Morgan fingerprint density at radius 1 is 1.10 bits per heavy atom. The summed E-state index contributed by atoms with van der Waals surface area (Å²) in [6.45, 7) is 1.21. The molecule has 2 aliphatic rings. The molecule has 30 heavy (non-hydrogen) atoms. The molecule has 0 aromatic heterocycles. The number of para-hydroxylation sites is 1. The molecule has 4 rings (SSSR count). The molecule has 1 fully saturated rings. The Morgan fingerprint density at radius 2 is 1.80 bits per heavy atom.